The molecule has 0 spiro atoms. The summed E-state index contributed by atoms with van der Waals surface area (Å²) in [5.74, 6) is 0.473. The predicted octanol–water partition coefficient (Wildman–Crippen LogP) is 3.84. The van der Waals surface area contributed by atoms with E-state index in [9.17, 15) is 13.2 Å². The van der Waals surface area contributed by atoms with Crippen LogP contribution >= 0.6 is 0 Å². The summed E-state index contributed by atoms with van der Waals surface area (Å²) < 4.78 is 35.1. The minimum absolute atomic E-state index is 0.109. The van der Waals surface area contributed by atoms with Gasteiger partial charge in [0.2, 0.25) is 21.7 Å². The fourth-order valence-corrected chi connectivity index (χ4v) is 5.59. The van der Waals surface area contributed by atoms with Crippen molar-refractivity contribution in [1.29, 1.82) is 0 Å². The molecule has 0 amide bonds. The van der Waals surface area contributed by atoms with Gasteiger partial charge in [0.1, 0.15) is 0 Å². The maximum atomic E-state index is 12.7. The SMILES string of the molecule is Cc1ccc(S(=O)(=O)N[C@H](C)c2nc(-c3ccc4c(c3)[nH]c(=O)n4C3CCCC3)no2)cc1. The number of hydrogen-bond donors (Lipinski definition) is 2. The fourth-order valence-electron chi connectivity index (χ4n) is 4.39. The first-order valence-corrected chi connectivity index (χ1v) is 12.5. The van der Waals surface area contributed by atoms with E-state index in [2.05, 4.69) is 19.8 Å². The maximum absolute atomic E-state index is 12.7. The van der Waals surface area contributed by atoms with Gasteiger partial charge in [0.25, 0.3) is 0 Å². The molecule has 1 saturated carbocycles. The van der Waals surface area contributed by atoms with Crippen LogP contribution in [0.4, 0.5) is 0 Å². The normalized spacial score (nSPS) is 15.9. The number of fused-ring (bicyclic) bond motifs is 1. The highest BCUT2D eigenvalue weighted by Crippen LogP contribution is 2.31. The Balaban J connectivity index is 1.38. The van der Waals surface area contributed by atoms with Crippen LogP contribution in [0.3, 0.4) is 0 Å². The third kappa shape index (κ3) is 4.11. The Kier molecular flexibility index (Phi) is 5.41. The summed E-state index contributed by atoms with van der Waals surface area (Å²) in [6.07, 6.45) is 4.30. The number of imidazole rings is 1. The van der Waals surface area contributed by atoms with E-state index in [1.165, 1.54) is 0 Å². The fraction of sp³-hybridized carbons (Fsp3) is 0.348. The smallest absolute Gasteiger partial charge is 0.326 e. The summed E-state index contributed by atoms with van der Waals surface area (Å²) >= 11 is 0. The lowest BCUT2D eigenvalue weighted by Crippen LogP contribution is -2.27. The number of benzene rings is 2. The van der Waals surface area contributed by atoms with Crippen molar-refractivity contribution in [3.63, 3.8) is 0 Å². The van der Waals surface area contributed by atoms with E-state index in [-0.39, 0.29) is 22.5 Å². The molecule has 0 radical (unpaired) electrons. The van der Waals surface area contributed by atoms with Crippen molar-refractivity contribution in [1.82, 2.24) is 24.4 Å². The Morgan fingerprint density at radius 2 is 1.88 bits per heavy atom. The molecular weight excluding hydrogens is 442 g/mol. The highest BCUT2D eigenvalue weighted by molar-refractivity contribution is 7.89. The van der Waals surface area contributed by atoms with E-state index in [1.807, 2.05) is 29.7 Å². The second-order valence-electron chi connectivity index (χ2n) is 8.58. The first-order chi connectivity index (χ1) is 15.8. The van der Waals surface area contributed by atoms with Crippen LogP contribution in [0.1, 0.15) is 56.1 Å². The molecule has 2 N–H and O–H groups in total. The van der Waals surface area contributed by atoms with Crippen LogP contribution in [0.15, 0.2) is 56.7 Å². The van der Waals surface area contributed by atoms with Crippen LogP contribution in [0, 0.1) is 6.92 Å². The molecule has 9 nitrogen and oxygen atoms in total. The molecule has 33 heavy (non-hydrogen) atoms. The van der Waals surface area contributed by atoms with Gasteiger partial charge >= 0.3 is 5.69 Å². The van der Waals surface area contributed by atoms with E-state index < -0.39 is 16.1 Å². The molecule has 0 unspecified atom stereocenters. The van der Waals surface area contributed by atoms with Crippen LogP contribution < -0.4 is 10.4 Å². The summed E-state index contributed by atoms with van der Waals surface area (Å²) in [7, 11) is -3.74. The van der Waals surface area contributed by atoms with Gasteiger partial charge < -0.3 is 9.51 Å². The molecule has 1 fully saturated rings. The Bertz CT molecular complexity index is 1460. The monoisotopic (exact) mass is 467 g/mol. The van der Waals surface area contributed by atoms with Crippen molar-refractivity contribution in [2.45, 2.75) is 56.5 Å². The van der Waals surface area contributed by atoms with Crippen LogP contribution in [0.5, 0.6) is 0 Å². The van der Waals surface area contributed by atoms with Gasteiger partial charge in [0.05, 0.1) is 22.0 Å². The summed E-state index contributed by atoms with van der Waals surface area (Å²) in [6.45, 7) is 3.54. The first kappa shape index (κ1) is 21.6. The van der Waals surface area contributed by atoms with Gasteiger partial charge in [-0.1, -0.05) is 35.7 Å². The molecule has 2 heterocycles. The molecule has 0 saturated heterocycles. The van der Waals surface area contributed by atoms with Crippen molar-refractivity contribution < 1.29 is 12.9 Å². The number of rotatable bonds is 6. The lowest BCUT2D eigenvalue weighted by Gasteiger charge is -2.11. The van der Waals surface area contributed by atoms with Gasteiger partial charge in [-0.2, -0.15) is 9.71 Å². The molecule has 1 aliphatic carbocycles. The number of aryl methyl sites for hydroxylation is 1. The highest BCUT2D eigenvalue weighted by atomic mass is 32.2. The lowest BCUT2D eigenvalue weighted by atomic mass is 10.1. The molecular formula is C23H25N5O4S. The number of sulfonamides is 1. The number of hydrogen-bond acceptors (Lipinski definition) is 6. The molecule has 2 aromatic heterocycles. The minimum Gasteiger partial charge on any atom is -0.337 e. The lowest BCUT2D eigenvalue weighted by molar-refractivity contribution is 0.354. The van der Waals surface area contributed by atoms with Crippen LogP contribution in [0.2, 0.25) is 0 Å². The second kappa shape index (κ2) is 8.27. The number of nitrogens with zero attached hydrogens (tertiary/aromatic N) is 3. The van der Waals surface area contributed by atoms with Crippen LogP contribution in [0.25, 0.3) is 22.4 Å². The average Bonchev–Trinajstić information content (AvgIpc) is 3.52. The molecule has 0 aliphatic heterocycles. The minimum atomic E-state index is -3.74. The molecule has 1 atom stereocenters. The Morgan fingerprint density at radius 3 is 2.61 bits per heavy atom. The first-order valence-electron chi connectivity index (χ1n) is 11.0. The highest BCUT2D eigenvalue weighted by Gasteiger charge is 2.24. The van der Waals surface area contributed by atoms with Crippen molar-refractivity contribution >= 4 is 21.1 Å². The second-order valence-corrected chi connectivity index (χ2v) is 10.3. The third-order valence-electron chi connectivity index (χ3n) is 6.14. The molecule has 1 aliphatic rings. The van der Waals surface area contributed by atoms with E-state index in [1.54, 1.807) is 31.2 Å². The van der Waals surface area contributed by atoms with Crippen molar-refractivity contribution in [3.05, 3.63) is 64.4 Å². The van der Waals surface area contributed by atoms with Crippen molar-refractivity contribution in [2.75, 3.05) is 0 Å². The van der Waals surface area contributed by atoms with Crippen LogP contribution in [-0.2, 0) is 10.0 Å². The van der Waals surface area contributed by atoms with Crippen molar-refractivity contribution in [2.24, 2.45) is 0 Å². The zero-order valence-corrected chi connectivity index (χ0v) is 19.2. The Hall–Kier alpha value is -3.24. The van der Waals surface area contributed by atoms with E-state index in [0.717, 1.165) is 36.8 Å². The van der Waals surface area contributed by atoms with E-state index in [4.69, 9.17) is 4.52 Å². The number of aromatic amines is 1. The number of nitrogens with one attached hydrogen (secondary N) is 2. The maximum Gasteiger partial charge on any atom is 0.326 e. The van der Waals surface area contributed by atoms with Crippen LogP contribution in [-0.4, -0.2) is 28.1 Å². The van der Waals surface area contributed by atoms with Gasteiger partial charge in [0.15, 0.2) is 0 Å². The predicted molar refractivity (Wildman–Crippen MR) is 123 cm³/mol. The van der Waals surface area contributed by atoms with Gasteiger partial charge in [-0.3, -0.25) is 4.57 Å². The van der Waals surface area contributed by atoms with Gasteiger partial charge in [-0.25, -0.2) is 13.2 Å². The zero-order valence-electron chi connectivity index (χ0n) is 18.4. The topological polar surface area (TPSA) is 123 Å². The van der Waals surface area contributed by atoms with Crippen molar-refractivity contribution in [3.8, 4) is 11.4 Å². The molecule has 5 rings (SSSR count). The zero-order chi connectivity index (χ0) is 23.2. The summed E-state index contributed by atoms with van der Waals surface area (Å²) in [5.41, 5.74) is 3.11. The Morgan fingerprint density at radius 1 is 1.15 bits per heavy atom. The summed E-state index contributed by atoms with van der Waals surface area (Å²) in [6, 6.07) is 11.7. The third-order valence-corrected chi connectivity index (χ3v) is 7.70. The summed E-state index contributed by atoms with van der Waals surface area (Å²) in [4.78, 5) is 20.0. The largest absolute Gasteiger partial charge is 0.337 e. The summed E-state index contributed by atoms with van der Waals surface area (Å²) in [5, 5.41) is 4.02. The Labute approximate surface area is 190 Å². The number of H-pyrrole nitrogens is 1. The van der Waals surface area contributed by atoms with Gasteiger partial charge in [-0.15, -0.1) is 0 Å². The van der Waals surface area contributed by atoms with E-state index in [0.29, 0.717) is 16.9 Å². The van der Waals surface area contributed by atoms with Gasteiger partial charge in [-0.05, 0) is 57.0 Å². The average molecular weight is 468 g/mol. The van der Waals surface area contributed by atoms with E-state index >= 15 is 0 Å². The molecule has 172 valence electrons. The molecule has 10 heteroatoms. The molecule has 0 bridgehead atoms. The number of aromatic nitrogens is 4. The van der Waals surface area contributed by atoms with Gasteiger partial charge in [0, 0.05) is 11.6 Å². The quantitative estimate of drug-likeness (QED) is 0.444. The molecule has 2 aromatic carbocycles. The standard InChI is InChI=1S/C23H25N5O4S/c1-14-7-10-18(11-8-14)33(30,31)27-15(2)22-25-21(26-32-22)16-9-12-20-19(13-16)24-23(29)28(20)17-5-3-4-6-17/h7-13,15,17,27H,3-6H2,1-2H3,(H,24,29)/t15-/m1/s1. The molecule has 4 aromatic rings.